The average Bonchev–Trinajstić information content (AvgIpc) is 2.32. The first-order valence-corrected chi connectivity index (χ1v) is 5.95. The van der Waals surface area contributed by atoms with Gasteiger partial charge in [-0.15, -0.1) is 0 Å². The van der Waals surface area contributed by atoms with E-state index in [-0.39, 0.29) is 12.3 Å². The van der Waals surface area contributed by atoms with E-state index in [1.165, 1.54) is 0 Å². The molecule has 0 saturated carbocycles. The highest BCUT2D eigenvalue weighted by molar-refractivity contribution is 9.10. The van der Waals surface area contributed by atoms with Crippen LogP contribution in [-0.2, 0) is 0 Å². The molecular weight excluding hydrogens is 286 g/mol. The number of nitrogens with one attached hydrogen (secondary N) is 1. The third kappa shape index (κ3) is 2.79. The smallest absolute Gasteiger partial charge is 0.180 e. The minimum Gasteiger partial charge on any atom is -0.496 e. The van der Waals surface area contributed by atoms with Crippen LogP contribution in [0.15, 0.2) is 10.5 Å². The Labute approximate surface area is 109 Å². The van der Waals surface area contributed by atoms with E-state index in [1.54, 1.807) is 27.3 Å². The van der Waals surface area contributed by atoms with Crippen molar-refractivity contribution in [2.45, 2.75) is 6.92 Å². The van der Waals surface area contributed by atoms with Gasteiger partial charge in [-0.25, -0.2) is 0 Å². The van der Waals surface area contributed by atoms with Crippen molar-refractivity contribution in [1.29, 1.82) is 0 Å². The fourth-order valence-corrected chi connectivity index (χ4v) is 2.15. The summed E-state index contributed by atoms with van der Waals surface area (Å²) in [5, 5.41) is 2.83. The summed E-state index contributed by atoms with van der Waals surface area (Å²) in [5.41, 5.74) is 1.42. The number of carbonyl (C=O) groups is 1. The number of likely N-dealkylation sites (N-methyl/N-ethyl adjacent to an activating group) is 1. The number of ether oxygens (including phenoxy) is 2. The summed E-state index contributed by atoms with van der Waals surface area (Å²) in [7, 11) is 4.85. The van der Waals surface area contributed by atoms with Crippen LogP contribution in [0.5, 0.6) is 11.5 Å². The molecule has 1 N–H and O–H groups in total. The second-order valence-electron chi connectivity index (χ2n) is 3.55. The zero-order chi connectivity index (χ0) is 13.0. The maximum absolute atomic E-state index is 11.9. The number of hydrogen-bond acceptors (Lipinski definition) is 4. The minimum atomic E-state index is -0.0386. The Morgan fingerprint density at radius 3 is 2.53 bits per heavy atom. The van der Waals surface area contributed by atoms with Gasteiger partial charge in [0.15, 0.2) is 5.78 Å². The quantitative estimate of drug-likeness (QED) is 0.847. The van der Waals surface area contributed by atoms with Crippen molar-refractivity contribution >= 4 is 21.7 Å². The van der Waals surface area contributed by atoms with Crippen molar-refractivity contribution in [3.05, 3.63) is 21.7 Å². The molecule has 5 heteroatoms. The Morgan fingerprint density at radius 1 is 1.41 bits per heavy atom. The first-order valence-electron chi connectivity index (χ1n) is 5.15. The molecule has 0 saturated heterocycles. The van der Waals surface area contributed by atoms with Gasteiger partial charge in [0, 0.05) is 5.56 Å². The van der Waals surface area contributed by atoms with Crippen LogP contribution in [0.2, 0.25) is 0 Å². The van der Waals surface area contributed by atoms with Crippen LogP contribution in [0.3, 0.4) is 0 Å². The van der Waals surface area contributed by atoms with E-state index < -0.39 is 0 Å². The third-order valence-electron chi connectivity index (χ3n) is 2.48. The molecule has 0 bridgehead atoms. The van der Waals surface area contributed by atoms with Gasteiger partial charge >= 0.3 is 0 Å². The lowest BCUT2D eigenvalue weighted by Crippen LogP contribution is -2.19. The summed E-state index contributed by atoms with van der Waals surface area (Å²) >= 11 is 3.42. The average molecular weight is 302 g/mol. The predicted octanol–water partition coefficient (Wildman–Crippen LogP) is 2.18. The van der Waals surface area contributed by atoms with Gasteiger partial charge in [-0.05, 0) is 36.0 Å². The van der Waals surface area contributed by atoms with Crippen LogP contribution >= 0.6 is 15.9 Å². The zero-order valence-corrected chi connectivity index (χ0v) is 12.0. The first-order chi connectivity index (χ1) is 8.06. The van der Waals surface area contributed by atoms with E-state index in [2.05, 4.69) is 21.2 Å². The Kier molecular flexibility index (Phi) is 4.96. The maximum Gasteiger partial charge on any atom is 0.180 e. The van der Waals surface area contributed by atoms with E-state index in [9.17, 15) is 4.79 Å². The van der Waals surface area contributed by atoms with E-state index in [0.717, 1.165) is 10.0 Å². The summed E-state index contributed by atoms with van der Waals surface area (Å²) in [6.45, 7) is 2.16. The molecule has 1 rings (SSSR count). The SMILES string of the molecule is CNCC(=O)c1cc(OC)c(C)c(Br)c1OC. The van der Waals surface area contributed by atoms with Crippen LogP contribution in [0, 0.1) is 6.92 Å². The molecule has 0 amide bonds. The fraction of sp³-hybridized carbons (Fsp3) is 0.417. The number of rotatable bonds is 5. The van der Waals surface area contributed by atoms with E-state index >= 15 is 0 Å². The second-order valence-corrected chi connectivity index (χ2v) is 4.35. The van der Waals surface area contributed by atoms with E-state index in [0.29, 0.717) is 17.1 Å². The molecule has 1 aromatic rings. The van der Waals surface area contributed by atoms with Crippen molar-refractivity contribution in [3.8, 4) is 11.5 Å². The molecule has 1 aromatic carbocycles. The largest absolute Gasteiger partial charge is 0.496 e. The normalized spacial score (nSPS) is 10.2. The summed E-state index contributed by atoms with van der Waals surface area (Å²) in [5.74, 6) is 1.17. The summed E-state index contributed by atoms with van der Waals surface area (Å²) < 4.78 is 11.3. The monoisotopic (exact) mass is 301 g/mol. The maximum atomic E-state index is 11.9. The number of carbonyl (C=O) groups excluding carboxylic acids is 1. The summed E-state index contributed by atoms with van der Waals surface area (Å²) in [6, 6.07) is 1.71. The molecule has 0 radical (unpaired) electrons. The van der Waals surface area contributed by atoms with Crippen LogP contribution in [0.1, 0.15) is 15.9 Å². The topological polar surface area (TPSA) is 47.6 Å². The molecule has 0 aromatic heterocycles. The van der Waals surface area contributed by atoms with Gasteiger partial charge in [-0.2, -0.15) is 0 Å². The van der Waals surface area contributed by atoms with E-state index in [1.807, 2.05) is 6.92 Å². The van der Waals surface area contributed by atoms with Crippen molar-refractivity contribution < 1.29 is 14.3 Å². The van der Waals surface area contributed by atoms with E-state index in [4.69, 9.17) is 9.47 Å². The standard InChI is InChI=1S/C12H16BrNO3/c1-7-10(16-3)5-8(9(15)6-14-2)12(17-4)11(7)13/h5,14H,6H2,1-4H3. The van der Waals surface area contributed by atoms with Gasteiger partial charge in [0.1, 0.15) is 11.5 Å². The number of hydrogen-bond donors (Lipinski definition) is 1. The highest BCUT2D eigenvalue weighted by Gasteiger charge is 2.19. The number of halogens is 1. The van der Waals surface area contributed by atoms with Gasteiger partial charge in [-0.3, -0.25) is 4.79 Å². The van der Waals surface area contributed by atoms with Crippen molar-refractivity contribution in [2.24, 2.45) is 0 Å². The molecule has 0 heterocycles. The highest BCUT2D eigenvalue weighted by atomic mass is 79.9. The van der Waals surface area contributed by atoms with Crippen molar-refractivity contribution in [1.82, 2.24) is 5.32 Å². The van der Waals surface area contributed by atoms with Crippen molar-refractivity contribution in [3.63, 3.8) is 0 Å². The second kappa shape index (κ2) is 6.02. The molecule has 0 aliphatic rings. The fourth-order valence-electron chi connectivity index (χ4n) is 1.58. The van der Waals surface area contributed by atoms with Crippen LogP contribution < -0.4 is 14.8 Å². The molecular formula is C12H16BrNO3. The van der Waals surface area contributed by atoms with Crippen molar-refractivity contribution in [2.75, 3.05) is 27.8 Å². The lowest BCUT2D eigenvalue weighted by molar-refractivity contribution is 0.0990. The Bertz CT molecular complexity index is 432. The summed E-state index contributed by atoms with van der Waals surface area (Å²) in [6.07, 6.45) is 0. The molecule has 0 spiro atoms. The van der Waals surface area contributed by atoms with Gasteiger partial charge in [0.2, 0.25) is 0 Å². The van der Waals surface area contributed by atoms with Gasteiger partial charge in [0.05, 0.1) is 30.8 Å². The van der Waals surface area contributed by atoms with Crippen LogP contribution in [-0.4, -0.2) is 33.6 Å². The van der Waals surface area contributed by atoms with Crippen LogP contribution in [0.4, 0.5) is 0 Å². The Hall–Kier alpha value is -1.07. The molecule has 0 unspecified atom stereocenters. The lowest BCUT2D eigenvalue weighted by Gasteiger charge is -2.15. The first kappa shape index (κ1) is 14.0. The predicted molar refractivity (Wildman–Crippen MR) is 70.2 cm³/mol. The molecule has 0 atom stereocenters. The molecule has 17 heavy (non-hydrogen) atoms. The van der Waals surface area contributed by atoms with Gasteiger partial charge in [0.25, 0.3) is 0 Å². The zero-order valence-electron chi connectivity index (χ0n) is 10.4. The number of benzene rings is 1. The molecule has 0 aliphatic heterocycles. The number of methoxy groups -OCH3 is 2. The Balaban J connectivity index is 3.37. The molecule has 94 valence electrons. The van der Waals surface area contributed by atoms with Crippen LogP contribution in [0.25, 0.3) is 0 Å². The van der Waals surface area contributed by atoms with Gasteiger partial charge < -0.3 is 14.8 Å². The number of ketones is 1. The third-order valence-corrected chi connectivity index (χ3v) is 3.43. The molecule has 4 nitrogen and oxygen atoms in total. The highest BCUT2D eigenvalue weighted by Crippen LogP contribution is 2.38. The minimum absolute atomic E-state index is 0.0386. The number of Topliss-reactive ketones (excluding diaryl/α,β-unsaturated/α-hetero) is 1. The lowest BCUT2D eigenvalue weighted by atomic mass is 10.1. The molecule has 0 fully saturated rings. The van der Waals surface area contributed by atoms with Gasteiger partial charge in [-0.1, -0.05) is 0 Å². The molecule has 0 aliphatic carbocycles. The summed E-state index contributed by atoms with van der Waals surface area (Å²) in [4.78, 5) is 11.9. The Morgan fingerprint density at radius 2 is 2.06 bits per heavy atom.